The molecule has 3 fully saturated rings. The summed E-state index contributed by atoms with van der Waals surface area (Å²) < 4.78 is 0. The number of nitrogens with one attached hydrogen (secondary N) is 10. The normalized spacial score (nSPS) is 25.2. The number of primary amides is 1. The zero-order chi connectivity index (χ0) is 69.1. The lowest BCUT2D eigenvalue weighted by molar-refractivity contribution is -0.149. The molecule has 33 heteroatoms. The highest BCUT2D eigenvalue weighted by Crippen LogP contribution is 2.24. The maximum Gasteiger partial charge on any atom is 0.308 e. The topological polar surface area (TPSA) is 513 Å². The van der Waals surface area contributed by atoms with Crippen LogP contribution in [0.25, 0.3) is 0 Å². The molecule has 33 nitrogen and oxygen atoms in total. The lowest BCUT2D eigenvalue weighted by Gasteiger charge is -2.39. The average Bonchev–Trinajstić information content (AvgIpc) is 1.26. The predicted molar refractivity (Wildman–Crippen MR) is 326 cm³/mol. The number of allylic oxidation sites excluding steroid dienone is 1. The smallest absolute Gasteiger partial charge is 0.308 e. The number of carbonyl (C=O) groups excluding carboxylic acids is 13. The van der Waals surface area contributed by atoms with Crippen molar-refractivity contribution >= 4 is 94.7 Å². The second kappa shape index (κ2) is 38.2. The SMILES string of the molecule is CC(C)CCCCCCCC=CCC(=O)N[C@@H](CC(N)=O)C(=O)N[C@@H]1C(=O)N2CCCC[C@@H]2C(=O)N[C@@H]([C@H](C)C(=O)O)C(=O)N[C@@H](CC(=O)O)C(=O)NCC(=O)N[C@@H](CC(=O)O)C(=O)NCC(=O)N[C@H]([C@@H](C)N)C(=O)N[C@@H](C(C)C)C(=O)N2CCC[C@H]2C(=O)N[C@H]1C. The highest BCUT2D eigenvalue weighted by Gasteiger charge is 2.45. The average molecular weight is 1300 g/mol. The number of hydrogen-bond donors (Lipinski definition) is 15. The van der Waals surface area contributed by atoms with Gasteiger partial charge in [-0.1, -0.05) is 72.0 Å². The summed E-state index contributed by atoms with van der Waals surface area (Å²) in [6, 6.07) is -18.3. The van der Waals surface area contributed by atoms with Gasteiger partial charge in [-0.15, -0.1) is 0 Å². The van der Waals surface area contributed by atoms with E-state index in [0.717, 1.165) is 50.3 Å². The molecule has 3 aliphatic heterocycles. The van der Waals surface area contributed by atoms with Gasteiger partial charge in [-0.2, -0.15) is 0 Å². The summed E-state index contributed by atoms with van der Waals surface area (Å²) in [7, 11) is 0. The number of amides is 13. The van der Waals surface area contributed by atoms with E-state index in [1.807, 2.05) is 16.7 Å². The maximum absolute atomic E-state index is 15.2. The number of carboxylic acid groups (broad SMARTS) is 3. The van der Waals surface area contributed by atoms with Crippen LogP contribution in [-0.4, -0.2) is 212 Å². The molecule has 0 bridgehead atoms. The number of hydrogen-bond acceptors (Lipinski definition) is 17. The molecule has 0 aromatic rings. The van der Waals surface area contributed by atoms with Gasteiger partial charge < -0.3 is 89.8 Å². The van der Waals surface area contributed by atoms with Crippen molar-refractivity contribution in [1.82, 2.24) is 63.0 Å². The number of piperidine rings is 1. The zero-order valence-electron chi connectivity index (χ0n) is 53.3. The Morgan fingerprint density at radius 3 is 1.68 bits per heavy atom. The molecule has 0 aromatic heterocycles. The fourth-order valence-electron chi connectivity index (χ4n) is 10.6. The van der Waals surface area contributed by atoms with Gasteiger partial charge in [0, 0.05) is 25.6 Å². The maximum atomic E-state index is 15.2. The quantitative estimate of drug-likeness (QED) is 0.0347. The number of rotatable bonds is 23. The third-order valence-electron chi connectivity index (χ3n) is 15.8. The summed E-state index contributed by atoms with van der Waals surface area (Å²) in [5.41, 5.74) is 11.7. The Bertz CT molecular complexity index is 2720. The number of nitrogens with two attached hydrogens (primary N) is 2. The van der Waals surface area contributed by atoms with Crippen LogP contribution < -0.4 is 64.6 Å². The van der Waals surface area contributed by atoms with Crippen LogP contribution in [0.4, 0.5) is 0 Å². The van der Waals surface area contributed by atoms with Crippen molar-refractivity contribution < 1.29 is 92.0 Å². The molecule has 0 aliphatic carbocycles. The van der Waals surface area contributed by atoms with E-state index >= 15 is 4.79 Å². The van der Waals surface area contributed by atoms with Crippen LogP contribution in [0.15, 0.2) is 12.2 Å². The second-order valence-electron chi connectivity index (χ2n) is 24.3. The standard InChI is InChI=1S/C59H94N14O19/c1-30(2)19-14-12-10-8-9-11-13-15-22-41(75)65-35(25-40(61)74)52(84)71-49-34(7)64-53(85)39-21-18-24-73(39)57(89)46(31(3)4)69-56(88)48(33(6)60)68-43(77)29-63-50(82)36(26-44(78)79)66-42(76)28-62-51(83)37(27-45(80)81)67-55(87)47(32(5)59(91)92)70-54(86)38-20-16-17-23-72(38)58(49)90/h13,15,30-39,46-49H,8-12,14,16-29,60H2,1-7H3,(H2,61,74)(H,62,83)(H,63,82)(H,64,85)(H,65,75)(H,66,76)(H,67,87)(H,68,77)(H,69,88)(H,70,86)(H,71,84)(H,78,79)(H,80,81)(H,91,92)/t32-,33+,34-,35-,36-,37-,38+,39-,46-,47-,48+,49-/m0/s1. The van der Waals surface area contributed by atoms with Gasteiger partial charge in [-0.05, 0) is 77.6 Å². The first-order chi connectivity index (χ1) is 43.2. The van der Waals surface area contributed by atoms with Crippen molar-refractivity contribution in [2.45, 2.75) is 218 Å². The summed E-state index contributed by atoms with van der Waals surface area (Å²) in [5.74, 6) is -21.1. The fourth-order valence-corrected chi connectivity index (χ4v) is 10.6. The number of carbonyl (C=O) groups is 16. The van der Waals surface area contributed by atoms with Crippen LogP contribution in [-0.2, 0) is 76.7 Å². The lowest BCUT2D eigenvalue weighted by Crippen LogP contribution is -2.66. The van der Waals surface area contributed by atoms with Crippen molar-refractivity contribution in [3.63, 3.8) is 0 Å². The molecule has 3 aliphatic rings. The Balaban J connectivity index is 2.16. The van der Waals surface area contributed by atoms with E-state index in [0.29, 0.717) is 12.3 Å². The zero-order valence-corrected chi connectivity index (χ0v) is 53.3. The van der Waals surface area contributed by atoms with Crippen LogP contribution in [0.2, 0.25) is 0 Å². The highest BCUT2D eigenvalue weighted by atomic mass is 16.4. The van der Waals surface area contributed by atoms with Gasteiger partial charge in [0.05, 0.1) is 44.3 Å². The molecule has 514 valence electrons. The number of fused-ring (bicyclic) bond motifs is 2. The summed E-state index contributed by atoms with van der Waals surface area (Å²) in [4.78, 5) is 219. The summed E-state index contributed by atoms with van der Waals surface area (Å²) >= 11 is 0. The molecule has 0 spiro atoms. The third kappa shape index (κ3) is 25.5. The lowest BCUT2D eigenvalue weighted by atomic mass is 9.96. The van der Waals surface area contributed by atoms with Crippen LogP contribution >= 0.6 is 0 Å². The predicted octanol–water partition coefficient (Wildman–Crippen LogP) is -3.62. The first kappa shape index (κ1) is 77.5. The molecule has 3 heterocycles. The van der Waals surface area contributed by atoms with Crippen molar-refractivity contribution in [3.05, 3.63) is 12.2 Å². The molecule has 12 atom stereocenters. The monoisotopic (exact) mass is 1300 g/mol. The van der Waals surface area contributed by atoms with E-state index in [4.69, 9.17) is 11.5 Å². The van der Waals surface area contributed by atoms with Crippen molar-refractivity contribution in [1.29, 1.82) is 0 Å². The summed E-state index contributed by atoms with van der Waals surface area (Å²) in [6.45, 7) is 8.81. The van der Waals surface area contributed by atoms with Crippen molar-refractivity contribution in [3.8, 4) is 0 Å². The molecule has 3 saturated heterocycles. The van der Waals surface area contributed by atoms with E-state index in [1.54, 1.807) is 19.9 Å². The van der Waals surface area contributed by atoms with Crippen LogP contribution in [0.3, 0.4) is 0 Å². The Labute approximate surface area is 533 Å². The van der Waals surface area contributed by atoms with Gasteiger partial charge in [0.2, 0.25) is 76.8 Å². The van der Waals surface area contributed by atoms with E-state index in [9.17, 15) is 87.2 Å². The van der Waals surface area contributed by atoms with Gasteiger partial charge in [0.15, 0.2) is 0 Å². The molecule has 0 aromatic carbocycles. The Morgan fingerprint density at radius 2 is 1.12 bits per heavy atom. The van der Waals surface area contributed by atoms with Crippen molar-refractivity contribution in [2.24, 2.45) is 29.2 Å². The largest absolute Gasteiger partial charge is 0.481 e. The summed E-state index contributed by atoms with van der Waals surface area (Å²) in [6.07, 6.45) is 7.71. The Hall–Kier alpha value is -8.78. The minimum atomic E-state index is -2.13. The molecule has 3 rings (SSSR count). The number of nitrogens with zero attached hydrogens (tertiary/aromatic N) is 2. The fraction of sp³-hybridized carbons (Fsp3) is 0.695. The van der Waals surface area contributed by atoms with Crippen LogP contribution in [0.5, 0.6) is 0 Å². The van der Waals surface area contributed by atoms with Crippen molar-refractivity contribution in [2.75, 3.05) is 26.2 Å². The molecular formula is C59H94N14O19. The molecule has 17 N–H and O–H groups in total. The van der Waals surface area contributed by atoms with Gasteiger partial charge in [-0.3, -0.25) is 76.7 Å². The minimum absolute atomic E-state index is 0.0284. The molecule has 13 amide bonds. The van der Waals surface area contributed by atoms with Gasteiger partial charge in [-0.25, -0.2) is 0 Å². The molecule has 0 unspecified atom stereocenters. The summed E-state index contributed by atoms with van der Waals surface area (Å²) in [5, 5.41) is 52.6. The molecule has 0 radical (unpaired) electrons. The molecule has 0 saturated carbocycles. The number of aliphatic carboxylic acids is 3. The molecule has 92 heavy (non-hydrogen) atoms. The van der Waals surface area contributed by atoms with E-state index in [-0.39, 0.29) is 51.6 Å². The second-order valence-corrected chi connectivity index (χ2v) is 24.3. The minimum Gasteiger partial charge on any atom is -0.481 e. The Morgan fingerprint density at radius 1 is 0.598 bits per heavy atom. The van der Waals surface area contributed by atoms with E-state index in [1.165, 1.54) is 18.7 Å². The Kier molecular flexibility index (Phi) is 32.1. The number of carboxylic acids is 3. The number of unbranched alkanes of at least 4 members (excludes halogenated alkanes) is 5. The third-order valence-corrected chi connectivity index (χ3v) is 15.8. The van der Waals surface area contributed by atoms with Gasteiger partial charge in [0.1, 0.15) is 54.4 Å². The highest BCUT2D eigenvalue weighted by molar-refractivity contribution is 6.01. The first-order valence-corrected chi connectivity index (χ1v) is 31.2. The first-order valence-electron chi connectivity index (χ1n) is 31.2. The van der Waals surface area contributed by atoms with E-state index < -0.39 is 205 Å². The van der Waals surface area contributed by atoms with Crippen LogP contribution in [0.1, 0.15) is 151 Å². The van der Waals surface area contributed by atoms with E-state index in [2.05, 4.69) is 56.4 Å². The van der Waals surface area contributed by atoms with Gasteiger partial charge >= 0.3 is 17.9 Å². The van der Waals surface area contributed by atoms with Crippen LogP contribution in [0, 0.1) is 17.8 Å². The van der Waals surface area contributed by atoms with Gasteiger partial charge in [0.25, 0.3) is 0 Å². The molecular weight excluding hydrogens is 1210 g/mol.